The molecule has 2 N–H and O–H groups in total. The van der Waals surface area contributed by atoms with Gasteiger partial charge in [-0.05, 0) is 43.7 Å². The Kier molecular flexibility index (Phi) is 4.59. The van der Waals surface area contributed by atoms with Gasteiger partial charge in [0.25, 0.3) is 5.91 Å². The van der Waals surface area contributed by atoms with Crippen molar-refractivity contribution in [3.63, 3.8) is 0 Å². The second kappa shape index (κ2) is 6.20. The van der Waals surface area contributed by atoms with Crippen LogP contribution in [0, 0.1) is 19.8 Å². The third-order valence-corrected chi connectivity index (χ3v) is 4.12. The number of carbonyl (C=O) groups excluding carboxylic acids is 1. The van der Waals surface area contributed by atoms with E-state index < -0.39 is 6.10 Å². The fourth-order valence-corrected chi connectivity index (χ4v) is 2.97. The van der Waals surface area contributed by atoms with Crippen LogP contribution in [0.25, 0.3) is 0 Å². The van der Waals surface area contributed by atoms with Gasteiger partial charge in [-0.25, -0.2) is 0 Å². The number of benzene rings is 1. The Bertz CT molecular complexity index is 430. The number of nitrogens with one attached hydrogen (secondary N) is 1. The molecule has 1 atom stereocenters. The molecule has 1 aliphatic rings. The number of hydrogen-bond acceptors (Lipinski definition) is 2. The third kappa shape index (κ3) is 3.35. The molecule has 1 unspecified atom stereocenters. The minimum Gasteiger partial charge on any atom is -0.391 e. The summed E-state index contributed by atoms with van der Waals surface area (Å²) in [5.74, 6) is 0.283. The van der Waals surface area contributed by atoms with Gasteiger partial charge < -0.3 is 10.4 Å². The van der Waals surface area contributed by atoms with Crippen LogP contribution in [0.4, 0.5) is 0 Å². The van der Waals surface area contributed by atoms with Crippen LogP contribution in [-0.4, -0.2) is 23.7 Å². The summed E-state index contributed by atoms with van der Waals surface area (Å²) in [5.41, 5.74) is 2.70. The lowest BCUT2D eigenvalue weighted by atomic mass is 10.00. The number of carbonyl (C=O) groups is 1. The Morgan fingerprint density at radius 1 is 1.32 bits per heavy atom. The van der Waals surface area contributed by atoms with Gasteiger partial charge in [-0.1, -0.05) is 31.0 Å². The topological polar surface area (TPSA) is 49.3 Å². The Morgan fingerprint density at radius 3 is 2.47 bits per heavy atom. The lowest BCUT2D eigenvalue weighted by Crippen LogP contribution is -2.36. The van der Waals surface area contributed by atoms with Gasteiger partial charge in [-0.3, -0.25) is 4.79 Å². The van der Waals surface area contributed by atoms with E-state index in [9.17, 15) is 9.90 Å². The molecule has 1 aromatic rings. The number of hydrogen-bond donors (Lipinski definition) is 2. The number of aliphatic hydroxyl groups is 1. The molecule has 3 nitrogen and oxygen atoms in total. The van der Waals surface area contributed by atoms with E-state index in [0.29, 0.717) is 12.5 Å². The normalized spacial score (nSPS) is 17.4. The summed E-state index contributed by atoms with van der Waals surface area (Å²) in [6.45, 7) is 4.24. The van der Waals surface area contributed by atoms with Crippen LogP contribution in [0.5, 0.6) is 0 Å². The van der Waals surface area contributed by atoms with Crippen molar-refractivity contribution in [2.45, 2.75) is 45.6 Å². The predicted molar refractivity (Wildman–Crippen MR) is 76.2 cm³/mol. The summed E-state index contributed by atoms with van der Waals surface area (Å²) in [6, 6.07) is 5.83. The average Bonchev–Trinajstić information content (AvgIpc) is 2.89. The van der Waals surface area contributed by atoms with E-state index >= 15 is 0 Å². The molecule has 3 heteroatoms. The monoisotopic (exact) mass is 261 g/mol. The van der Waals surface area contributed by atoms with Crippen molar-refractivity contribution in [1.82, 2.24) is 5.32 Å². The SMILES string of the molecule is Cc1cccc(C)c1C(=O)NCC(O)C1CCCC1. The summed E-state index contributed by atoms with van der Waals surface area (Å²) in [6.07, 6.45) is 4.16. The summed E-state index contributed by atoms with van der Waals surface area (Å²) < 4.78 is 0. The van der Waals surface area contributed by atoms with Gasteiger partial charge in [-0.15, -0.1) is 0 Å². The van der Waals surface area contributed by atoms with Crippen molar-refractivity contribution >= 4 is 5.91 Å². The highest BCUT2D eigenvalue weighted by atomic mass is 16.3. The number of aliphatic hydroxyl groups excluding tert-OH is 1. The quantitative estimate of drug-likeness (QED) is 0.875. The third-order valence-electron chi connectivity index (χ3n) is 4.12. The van der Waals surface area contributed by atoms with Crippen LogP contribution in [0.2, 0.25) is 0 Å². The fourth-order valence-electron chi connectivity index (χ4n) is 2.97. The fraction of sp³-hybridized carbons (Fsp3) is 0.562. The first kappa shape index (κ1) is 14.1. The summed E-state index contributed by atoms with van der Waals surface area (Å²) >= 11 is 0. The molecule has 0 heterocycles. The van der Waals surface area contributed by atoms with Gasteiger partial charge in [-0.2, -0.15) is 0 Å². The molecule has 0 aliphatic heterocycles. The second-order valence-corrected chi connectivity index (χ2v) is 5.59. The van der Waals surface area contributed by atoms with Crippen molar-refractivity contribution < 1.29 is 9.90 Å². The molecular weight excluding hydrogens is 238 g/mol. The molecule has 0 aromatic heterocycles. The molecular formula is C16H23NO2. The molecule has 0 saturated heterocycles. The van der Waals surface area contributed by atoms with Crippen LogP contribution in [-0.2, 0) is 0 Å². The molecule has 104 valence electrons. The van der Waals surface area contributed by atoms with Gasteiger partial charge in [0.15, 0.2) is 0 Å². The van der Waals surface area contributed by atoms with E-state index in [1.807, 2.05) is 32.0 Å². The smallest absolute Gasteiger partial charge is 0.251 e. The molecule has 0 bridgehead atoms. The first-order chi connectivity index (χ1) is 9.09. The van der Waals surface area contributed by atoms with Crippen molar-refractivity contribution in [3.05, 3.63) is 34.9 Å². The Hall–Kier alpha value is -1.35. The highest BCUT2D eigenvalue weighted by Gasteiger charge is 2.23. The molecule has 1 amide bonds. The highest BCUT2D eigenvalue weighted by molar-refractivity contribution is 5.97. The molecule has 2 rings (SSSR count). The van der Waals surface area contributed by atoms with Crippen LogP contribution in [0.1, 0.15) is 47.2 Å². The van der Waals surface area contributed by atoms with Crippen molar-refractivity contribution in [3.8, 4) is 0 Å². The van der Waals surface area contributed by atoms with Crippen LogP contribution >= 0.6 is 0 Å². The summed E-state index contributed by atoms with van der Waals surface area (Å²) in [4.78, 5) is 12.2. The van der Waals surface area contributed by atoms with Gasteiger partial charge in [0.1, 0.15) is 0 Å². The van der Waals surface area contributed by atoms with E-state index in [1.54, 1.807) is 0 Å². The minimum absolute atomic E-state index is 0.0763. The van der Waals surface area contributed by atoms with Gasteiger partial charge in [0.2, 0.25) is 0 Å². The molecule has 0 spiro atoms. The van der Waals surface area contributed by atoms with Crippen LogP contribution in [0.15, 0.2) is 18.2 Å². The number of amides is 1. The van der Waals surface area contributed by atoms with Gasteiger partial charge in [0.05, 0.1) is 6.10 Å². The molecule has 1 fully saturated rings. The second-order valence-electron chi connectivity index (χ2n) is 5.59. The van der Waals surface area contributed by atoms with Crippen molar-refractivity contribution in [2.75, 3.05) is 6.54 Å². The zero-order valence-electron chi connectivity index (χ0n) is 11.8. The first-order valence-electron chi connectivity index (χ1n) is 7.12. The van der Waals surface area contributed by atoms with E-state index in [2.05, 4.69) is 5.32 Å². The van der Waals surface area contributed by atoms with E-state index in [-0.39, 0.29) is 5.91 Å². The van der Waals surface area contributed by atoms with Gasteiger partial charge >= 0.3 is 0 Å². The molecule has 1 aliphatic carbocycles. The zero-order chi connectivity index (χ0) is 13.8. The maximum Gasteiger partial charge on any atom is 0.251 e. The molecule has 1 saturated carbocycles. The Balaban J connectivity index is 1.94. The van der Waals surface area contributed by atoms with Gasteiger partial charge in [0, 0.05) is 12.1 Å². The zero-order valence-corrected chi connectivity index (χ0v) is 11.8. The maximum atomic E-state index is 12.2. The van der Waals surface area contributed by atoms with E-state index in [0.717, 1.165) is 29.5 Å². The molecule has 1 aromatic carbocycles. The number of aryl methyl sites for hydroxylation is 2. The van der Waals surface area contributed by atoms with Crippen LogP contribution in [0.3, 0.4) is 0 Å². The first-order valence-corrected chi connectivity index (χ1v) is 7.12. The molecule has 0 radical (unpaired) electrons. The summed E-state index contributed by atoms with van der Waals surface area (Å²) in [5, 5.41) is 12.9. The lowest BCUT2D eigenvalue weighted by Gasteiger charge is -2.18. The van der Waals surface area contributed by atoms with E-state index in [4.69, 9.17) is 0 Å². The predicted octanol–water partition coefficient (Wildman–Crippen LogP) is 2.58. The highest BCUT2D eigenvalue weighted by Crippen LogP contribution is 2.27. The summed E-state index contributed by atoms with van der Waals surface area (Å²) in [7, 11) is 0. The molecule has 19 heavy (non-hydrogen) atoms. The standard InChI is InChI=1S/C16H23NO2/c1-11-6-5-7-12(2)15(11)16(19)17-10-14(18)13-8-3-4-9-13/h5-7,13-14,18H,3-4,8-10H2,1-2H3,(H,17,19). The lowest BCUT2D eigenvalue weighted by molar-refractivity contribution is 0.0839. The Labute approximate surface area is 115 Å². The van der Waals surface area contributed by atoms with Crippen molar-refractivity contribution in [2.24, 2.45) is 5.92 Å². The average molecular weight is 261 g/mol. The van der Waals surface area contributed by atoms with Crippen LogP contribution < -0.4 is 5.32 Å². The largest absolute Gasteiger partial charge is 0.391 e. The maximum absolute atomic E-state index is 12.2. The minimum atomic E-state index is -0.407. The Morgan fingerprint density at radius 2 is 1.89 bits per heavy atom. The number of rotatable bonds is 4. The van der Waals surface area contributed by atoms with E-state index in [1.165, 1.54) is 12.8 Å². The van der Waals surface area contributed by atoms with Crippen molar-refractivity contribution in [1.29, 1.82) is 0 Å².